The van der Waals surface area contributed by atoms with E-state index in [0.717, 1.165) is 22.9 Å². The van der Waals surface area contributed by atoms with Gasteiger partial charge in [-0.3, -0.25) is 4.98 Å². The van der Waals surface area contributed by atoms with Gasteiger partial charge in [0.2, 0.25) is 0 Å². The van der Waals surface area contributed by atoms with E-state index in [2.05, 4.69) is 49.2 Å². The van der Waals surface area contributed by atoms with Crippen LogP contribution in [0.5, 0.6) is 0 Å². The molecule has 0 unspecified atom stereocenters. The second-order valence-corrected chi connectivity index (χ2v) is 13.8. The molecule has 0 saturated heterocycles. The average molecular weight is 778 g/mol. The summed E-state index contributed by atoms with van der Waals surface area (Å²) < 4.78 is 87.0. The summed E-state index contributed by atoms with van der Waals surface area (Å²) in [6.45, 7) is 21.7. The molecule has 0 N–H and O–H groups in total. The number of pyridine rings is 1. The van der Waals surface area contributed by atoms with Gasteiger partial charge in [0.15, 0.2) is 0 Å². The predicted octanol–water partition coefficient (Wildman–Crippen LogP) is 14.8. The summed E-state index contributed by atoms with van der Waals surface area (Å²) in [4.78, 5) is 4.08. The maximum Gasteiger partial charge on any atom is 0.416 e. The van der Waals surface area contributed by atoms with E-state index in [1.54, 1.807) is 45.9 Å². The van der Waals surface area contributed by atoms with Gasteiger partial charge >= 0.3 is 6.18 Å². The van der Waals surface area contributed by atoms with Gasteiger partial charge < -0.3 is 0 Å². The van der Waals surface area contributed by atoms with Crippen molar-refractivity contribution in [1.29, 1.82) is 0 Å². The topological polar surface area (TPSA) is 12.9 Å². The summed E-state index contributed by atoms with van der Waals surface area (Å²) >= 11 is 0. The average Bonchev–Trinajstić information content (AvgIpc) is 3.12. The van der Waals surface area contributed by atoms with Crippen LogP contribution in [0.2, 0.25) is 0 Å². The van der Waals surface area contributed by atoms with Crippen LogP contribution in [0.4, 0.5) is 30.7 Å². The van der Waals surface area contributed by atoms with Crippen molar-refractivity contribution in [3.05, 3.63) is 205 Å². The largest absolute Gasteiger partial charge is 0.416 e. The van der Waals surface area contributed by atoms with E-state index in [1.807, 2.05) is 52.1 Å². The first-order chi connectivity index (χ1) is 26.0. The minimum atomic E-state index is -4.23. The summed E-state index contributed by atoms with van der Waals surface area (Å²) in [7, 11) is 0. The molecule has 0 atom stereocenters. The normalized spacial score (nSPS) is 10.1. The molecule has 56 heavy (non-hydrogen) atoms. The zero-order chi connectivity index (χ0) is 42.7. The summed E-state index contributed by atoms with van der Waals surface area (Å²) in [5, 5.41) is 0. The fourth-order valence-corrected chi connectivity index (χ4v) is 4.39. The Morgan fingerprint density at radius 3 is 1.00 bits per heavy atom. The molecular formula is C48H54F7N. The minimum Gasteiger partial charge on any atom is -0.261 e. The Kier molecular flexibility index (Phi) is 20.6. The number of benzene rings is 5. The van der Waals surface area contributed by atoms with Gasteiger partial charge in [0, 0.05) is 17.5 Å². The Bertz CT molecular complexity index is 1920. The number of hydrogen-bond donors (Lipinski definition) is 0. The van der Waals surface area contributed by atoms with Crippen molar-refractivity contribution in [3.63, 3.8) is 0 Å². The van der Waals surface area contributed by atoms with Crippen molar-refractivity contribution < 1.29 is 30.7 Å². The standard InChI is InChI=1S/C9H9F3.C8H8F2.2C8H9F.C8H10.C7H9N/c1-6-3-4-7(2)8(5-6)9(10,11)12;1-5-3-7(9)6(2)8(10)4-5;2*1-6-3-4-7(2)8(9)5-6;1-7-3-5-8(2)6-4-7;1-6-3-4-7(2)8-5-6/h3-5H,1-2H3;3-4H,1-2H3;2*3-5H,1-2H3;3-6H,1-2H3;3-5H,1-2H3. The van der Waals surface area contributed by atoms with Crippen molar-refractivity contribution >= 4 is 0 Å². The highest BCUT2D eigenvalue weighted by molar-refractivity contribution is 5.32. The number of hydrogen-bond acceptors (Lipinski definition) is 1. The van der Waals surface area contributed by atoms with Crippen LogP contribution in [0.15, 0.2) is 109 Å². The third-order valence-electron chi connectivity index (χ3n) is 8.06. The Labute approximate surface area is 329 Å². The fraction of sp³-hybridized carbons (Fsp3) is 0.271. The lowest BCUT2D eigenvalue weighted by Gasteiger charge is -2.10. The van der Waals surface area contributed by atoms with Gasteiger partial charge in [0.1, 0.15) is 23.3 Å². The van der Waals surface area contributed by atoms with Crippen molar-refractivity contribution in [2.45, 2.75) is 89.3 Å². The SMILES string of the molecule is Cc1cc(F)c(C)c(F)c1.Cc1ccc(C)c(C(F)(F)F)c1.Cc1ccc(C)c(F)c1.Cc1ccc(C)c(F)c1.Cc1ccc(C)cc1.Cc1ccc(C)nc1. The van der Waals surface area contributed by atoms with Crippen LogP contribution in [0.1, 0.15) is 72.5 Å². The van der Waals surface area contributed by atoms with Gasteiger partial charge in [0.05, 0.1) is 5.56 Å². The molecule has 300 valence electrons. The molecule has 6 aromatic rings. The Hall–Kier alpha value is -5.24. The summed E-state index contributed by atoms with van der Waals surface area (Å²) in [6.07, 6.45) is -2.36. The van der Waals surface area contributed by atoms with E-state index in [-0.39, 0.29) is 22.8 Å². The molecule has 0 saturated carbocycles. The van der Waals surface area contributed by atoms with Crippen molar-refractivity contribution in [1.82, 2.24) is 4.98 Å². The summed E-state index contributed by atoms with van der Waals surface area (Å²) in [5.41, 5.74) is 9.38. The van der Waals surface area contributed by atoms with E-state index in [9.17, 15) is 30.7 Å². The first kappa shape index (κ1) is 48.8. The van der Waals surface area contributed by atoms with Gasteiger partial charge in [-0.25, -0.2) is 17.6 Å². The number of nitrogens with zero attached hydrogens (tertiary/aromatic N) is 1. The molecule has 5 aromatic carbocycles. The Morgan fingerprint density at radius 2 is 0.696 bits per heavy atom. The van der Waals surface area contributed by atoms with Crippen molar-refractivity contribution in [2.75, 3.05) is 0 Å². The minimum absolute atomic E-state index is 0.0885. The van der Waals surface area contributed by atoms with Gasteiger partial charge in [-0.15, -0.1) is 0 Å². The highest BCUT2D eigenvalue weighted by Gasteiger charge is 2.32. The lowest BCUT2D eigenvalue weighted by atomic mass is 10.1. The lowest BCUT2D eigenvalue weighted by Crippen LogP contribution is -2.07. The smallest absolute Gasteiger partial charge is 0.261 e. The van der Waals surface area contributed by atoms with E-state index in [1.165, 1.54) is 60.9 Å². The summed E-state index contributed by atoms with van der Waals surface area (Å²) in [6, 6.07) is 29.9. The third kappa shape index (κ3) is 19.4. The monoisotopic (exact) mass is 777 g/mol. The zero-order valence-corrected chi connectivity index (χ0v) is 34.5. The first-order valence-electron chi connectivity index (χ1n) is 17.9. The molecule has 1 heterocycles. The highest BCUT2D eigenvalue weighted by atomic mass is 19.4. The van der Waals surface area contributed by atoms with Crippen LogP contribution in [0.3, 0.4) is 0 Å². The van der Waals surface area contributed by atoms with E-state index in [4.69, 9.17) is 0 Å². The van der Waals surface area contributed by atoms with Gasteiger partial charge in [-0.05, 0) is 158 Å². The van der Waals surface area contributed by atoms with Crippen molar-refractivity contribution in [3.8, 4) is 0 Å². The van der Waals surface area contributed by atoms with Gasteiger partial charge in [-0.1, -0.05) is 83.4 Å². The number of aryl methyl sites for hydroxylation is 11. The molecule has 0 amide bonds. The number of halogens is 7. The van der Waals surface area contributed by atoms with Crippen LogP contribution >= 0.6 is 0 Å². The second kappa shape index (κ2) is 23.6. The van der Waals surface area contributed by atoms with E-state index >= 15 is 0 Å². The Balaban J connectivity index is 0.000000338. The maximum atomic E-state index is 12.6. The fourth-order valence-electron chi connectivity index (χ4n) is 4.39. The molecule has 0 aliphatic heterocycles. The van der Waals surface area contributed by atoms with Crippen LogP contribution in [0, 0.1) is 106 Å². The predicted molar refractivity (Wildman–Crippen MR) is 218 cm³/mol. The molecule has 1 nitrogen and oxygen atoms in total. The second-order valence-electron chi connectivity index (χ2n) is 13.8. The lowest BCUT2D eigenvalue weighted by molar-refractivity contribution is -0.138. The van der Waals surface area contributed by atoms with Gasteiger partial charge in [-0.2, -0.15) is 13.2 Å². The Morgan fingerprint density at radius 1 is 0.357 bits per heavy atom. The number of aromatic nitrogens is 1. The van der Waals surface area contributed by atoms with Crippen LogP contribution in [-0.2, 0) is 6.18 Å². The number of alkyl halides is 3. The highest BCUT2D eigenvalue weighted by Crippen LogP contribution is 2.32. The molecule has 0 aliphatic rings. The molecular weight excluding hydrogens is 724 g/mol. The van der Waals surface area contributed by atoms with Crippen LogP contribution in [-0.4, -0.2) is 4.98 Å². The molecule has 6 rings (SSSR count). The number of rotatable bonds is 0. The van der Waals surface area contributed by atoms with Crippen molar-refractivity contribution in [2.24, 2.45) is 0 Å². The van der Waals surface area contributed by atoms with E-state index < -0.39 is 23.4 Å². The molecule has 0 radical (unpaired) electrons. The van der Waals surface area contributed by atoms with Crippen LogP contribution in [0.25, 0.3) is 0 Å². The molecule has 0 aliphatic carbocycles. The molecule has 0 bridgehead atoms. The first-order valence-corrected chi connectivity index (χ1v) is 17.9. The van der Waals surface area contributed by atoms with Crippen LogP contribution < -0.4 is 0 Å². The summed E-state index contributed by atoms with van der Waals surface area (Å²) in [5.74, 6) is -1.18. The molecule has 0 spiro atoms. The molecule has 1 aromatic heterocycles. The molecule has 0 fully saturated rings. The van der Waals surface area contributed by atoms with Gasteiger partial charge in [0.25, 0.3) is 0 Å². The van der Waals surface area contributed by atoms with E-state index in [0.29, 0.717) is 22.3 Å². The zero-order valence-electron chi connectivity index (χ0n) is 34.5. The third-order valence-corrected chi connectivity index (χ3v) is 8.06. The maximum absolute atomic E-state index is 12.6. The quantitative estimate of drug-likeness (QED) is 0.140. The molecule has 8 heteroatoms.